The largest absolute Gasteiger partial charge is 0.524 e. The number of aliphatic carboxylic acids is 1. The number of likely N-dealkylation sites (tertiary alicyclic amines) is 1. The Morgan fingerprint density at radius 1 is 1.07 bits per heavy atom. The second-order valence-corrected chi connectivity index (χ2v) is 24.3. The molecule has 1 aliphatic rings. The molecule has 23 heteroatoms. The average Bonchev–Trinajstić information content (AvgIpc) is 3.79. The molecule has 1 aromatic heterocycles. The fraction of sp³-hybridized carbons (Fsp3) is 0.667. The zero-order chi connectivity index (χ0) is 53.4. The maximum atomic E-state index is 14.4. The van der Waals surface area contributed by atoms with Crippen LogP contribution in [0, 0.1) is 23.7 Å². The molecule has 1 saturated heterocycles. The van der Waals surface area contributed by atoms with Crippen LogP contribution >= 0.6 is 40.7 Å². The first kappa shape index (κ1) is 61.3. The number of benzene rings is 1. The lowest BCUT2D eigenvalue weighted by Gasteiger charge is -2.37. The van der Waals surface area contributed by atoms with Crippen molar-refractivity contribution in [1.82, 2.24) is 25.4 Å². The summed E-state index contributed by atoms with van der Waals surface area (Å²) in [7, 11) is 2.93. The minimum atomic E-state index is -5.07. The number of phosphoric ester groups is 1. The van der Waals surface area contributed by atoms with Crippen LogP contribution in [0.4, 0.5) is 5.69 Å². The van der Waals surface area contributed by atoms with Gasteiger partial charge in [-0.15, -0.1) is 11.3 Å². The van der Waals surface area contributed by atoms with Crippen LogP contribution in [0.1, 0.15) is 140 Å². The molecule has 6 N–H and O–H groups in total. The summed E-state index contributed by atoms with van der Waals surface area (Å²) in [5.74, 6) is -4.55. The number of ether oxygens (including phenoxy) is 1. The van der Waals surface area contributed by atoms with Crippen molar-refractivity contribution in [2.24, 2.45) is 23.7 Å². The molecular weight excluding hydrogens is 996 g/mol. The van der Waals surface area contributed by atoms with Gasteiger partial charge in [0.2, 0.25) is 17.7 Å². The lowest BCUT2D eigenvalue weighted by atomic mass is 9.83. The smallest absolute Gasteiger partial charge is 0.481 e. The predicted molar refractivity (Wildman–Crippen MR) is 277 cm³/mol. The lowest BCUT2D eigenvalue weighted by Crippen LogP contribution is -2.48. The number of aromatic nitrogens is 1. The van der Waals surface area contributed by atoms with Gasteiger partial charge in [-0.25, -0.2) is 9.55 Å². The molecule has 19 nitrogen and oxygen atoms in total. The Morgan fingerprint density at radius 3 is 2.35 bits per heavy atom. The zero-order valence-corrected chi connectivity index (χ0v) is 46.2. The molecule has 1 unspecified atom stereocenters. The fourth-order valence-corrected chi connectivity index (χ4v) is 12.2. The van der Waals surface area contributed by atoms with Gasteiger partial charge in [0.25, 0.3) is 5.91 Å². The van der Waals surface area contributed by atoms with Crippen molar-refractivity contribution in [3.63, 3.8) is 0 Å². The van der Waals surface area contributed by atoms with Crippen LogP contribution in [0.25, 0.3) is 0 Å². The van der Waals surface area contributed by atoms with E-state index in [1.54, 1.807) is 32.8 Å². The van der Waals surface area contributed by atoms with Crippen LogP contribution in [0.15, 0.2) is 23.6 Å². The van der Waals surface area contributed by atoms with Crippen LogP contribution < -0.4 is 20.5 Å². The Labute approximate surface area is 430 Å². The number of carboxylic acids is 1. The summed E-state index contributed by atoms with van der Waals surface area (Å²) < 4.78 is 21.9. The highest BCUT2D eigenvalue weighted by molar-refractivity contribution is 8.77. The second kappa shape index (κ2) is 28.4. The summed E-state index contributed by atoms with van der Waals surface area (Å²) in [4.78, 5) is 119. The van der Waals surface area contributed by atoms with Gasteiger partial charge in [0, 0.05) is 69.4 Å². The Bertz CT molecular complexity index is 2210. The molecule has 4 amide bonds. The third kappa shape index (κ3) is 19.7. The maximum absolute atomic E-state index is 14.4. The topological polar surface area (TPSA) is 271 Å². The standard InChI is InChI=1S/C48H75N6O13PS3/c1-12-29(4)34(25-39(56)37-16-13-14-20-53(37)10)45(59)54(11)38(28(2)3)26-41(66-31(6)55)44-52-36(27-69-44)43(58)50-33(22-30(5)46(60)61)23-32-18-19-40(67-68(63,64)65)35(24-32)51-42(57)17-15-21-70-71-48(7,8)47(62)49-9/h18-19,24,27-30,33-34,37-38,41H,12-17,20-23,25-26H2,1-11H3,(H,49,62)(H,50,58)(H,51,57)(H,60,61)(H2,63,64,65)/t29-,30?,33+,34-,37+,38+,41+/m0/s1. The minimum absolute atomic E-state index is 0.0154. The number of anilines is 1. The van der Waals surface area contributed by atoms with Gasteiger partial charge >= 0.3 is 19.8 Å². The number of piperidine rings is 1. The number of esters is 1. The van der Waals surface area contributed by atoms with E-state index in [9.17, 15) is 53.0 Å². The van der Waals surface area contributed by atoms with Gasteiger partial charge < -0.3 is 35.2 Å². The number of ketones is 1. The van der Waals surface area contributed by atoms with E-state index in [-0.39, 0.29) is 84.7 Å². The number of carbonyl (C=O) groups excluding carboxylic acids is 6. The van der Waals surface area contributed by atoms with Crippen LogP contribution in [0.5, 0.6) is 5.75 Å². The molecule has 1 fully saturated rings. The number of carboxylic acid groups (broad SMARTS) is 1. The Balaban J connectivity index is 1.84. The van der Waals surface area contributed by atoms with Gasteiger partial charge in [-0.2, -0.15) is 0 Å². The minimum Gasteiger partial charge on any atom is -0.481 e. The number of hydrogen-bond acceptors (Lipinski definition) is 15. The molecule has 0 bridgehead atoms. The van der Waals surface area contributed by atoms with Crippen molar-refractivity contribution < 1.29 is 62.3 Å². The molecule has 0 saturated carbocycles. The van der Waals surface area contributed by atoms with E-state index in [0.717, 1.165) is 37.1 Å². The number of phosphoric acid groups is 1. The van der Waals surface area contributed by atoms with E-state index >= 15 is 0 Å². The normalized spacial score (nSPS) is 17.0. The number of hydrogen-bond donors (Lipinski definition) is 6. The summed E-state index contributed by atoms with van der Waals surface area (Å²) in [6.45, 7) is 15.0. The van der Waals surface area contributed by atoms with Gasteiger partial charge in [-0.1, -0.05) is 75.1 Å². The van der Waals surface area contributed by atoms with Crippen LogP contribution in [0.2, 0.25) is 0 Å². The zero-order valence-electron chi connectivity index (χ0n) is 42.9. The van der Waals surface area contributed by atoms with E-state index in [1.807, 2.05) is 34.7 Å². The number of nitrogens with one attached hydrogen (secondary N) is 3. The number of nitrogens with zero attached hydrogens (tertiary/aromatic N) is 3. The Hall–Kier alpha value is -4.05. The van der Waals surface area contributed by atoms with E-state index in [1.165, 1.54) is 59.0 Å². The molecule has 2 heterocycles. The predicted octanol–water partition coefficient (Wildman–Crippen LogP) is 7.27. The van der Waals surface area contributed by atoms with Gasteiger partial charge in [-0.3, -0.25) is 48.2 Å². The van der Waals surface area contributed by atoms with Crippen molar-refractivity contribution >= 4 is 87.8 Å². The van der Waals surface area contributed by atoms with Gasteiger partial charge in [0.15, 0.2) is 17.6 Å². The summed E-state index contributed by atoms with van der Waals surface area (Å²) in [5.41, 5.74) is 0.368. The van der Waals surface area contributed by atoms with E-state index in [4.69, 9.17) is 9.26 Å². The highest BCUT2D eigenvalue weighted by atomic mass is 33.1. The van der Waals surface area contributed by atoms with E-state index in [2.05, 4.69) is 25.8 Å². The molecule has 3 rings (SSSR count). The summed E-state index contributed by atoms with van der Waals surface area (Å²) in [6, 6.07) is 2.65. The number of carbonyl (C=O) groups is 7. The van der Waals surface area contributed by atoms with E-state index in [0.29, 0.717) is 29.2 Å². The third-order valence-corrected chi connectivity index (χ3v) is 17.4. The number of amides is 4. The summed E-state index contributed by atoms with van der Waals surface area (Å²) >= 11 is 1.08. The number of Topliss-reactive ketones (excluding diaryl/α,β-unsaturated/α-hetero) is 1. The Morgan fingerprint density at radius 2 is 1.76 bits per heavy atom. The van der Waals surface area contributed by atoms with Crippen molar-refractivity contribution in [1.29, 1.82) is 0 Å². The van der Waals surface area contributed by atoms with Crippen LogP contribution in [0.3, 0.4) is 0 Å². The number of thiazole rings is 1. The molecule has 0 radical (unpaired) electrons. The van der Waals surface area contributed by atoms with Crippen molar-refractivity contribution in [3.05, 3.63) is 39.8 Å². The highest BCUT2D eigenvalue weighted by Crippen LogP contribution is 2.42. The SMILES string of the molecule is CC[C@H](C)[C@H](CC(=O)[C@H]1CCCCN1C)C(=O)N(C)[C@H](C[C@@H](OC(C)=O)c1nc(C(=O)N[C@@H](Cc2ccc(OP(=O)(O)O)c(NC(=O)CCCSSC(C)(C)C(=O)NC)c2)CC(C)C(=O)O)cs1)C(C)C. The number of rotatable bonds is 29. The molecule has 0 aliphatic carbocycles. The third-order valence-electron chi connectivity index (χ3n) is 12.7. The maximum Gasteiger partial charge on any atom is 0.524 e. The molecule has 7 atom stereocenters. The molecule has 71 heavy (non-hydrogen) atoms. The lowest BCUT2D eigenvalue weighted by molar-refractivity contribution is -0.149. The molecular formula is C48H75N6O13PS3. The summed E-state index contributed by atoms with van der Waals surface area (Å²) in [5, 5.41) is 19.8. The summed E-state index contributed by atoms with van der Waals surface area (Å²) in [6.07, 6.45) is 3.19. The fourth-order valence-electron chi connectivity index (χ4n) is 8.42. The number of likely N-dealkylation sites (N-methyl/N-ethyl adjacent to an activating group) is 1. The molecule has 398 valence electrons. The quantitative estimate of drug-likeness (QED) is 0.0202. The van der Waals surface area contributed by atoms with E-state index < -0.39 is 66.3 Å². The monoisotopic (exact) mass is 1070 g/mol. The van der Waals surface area contributed by atoms with Crippen LogP contribution in [-0.2, 0) is 44.5 Å². The van der Waals surface area contributed by atoms with Gasteiger partial charge in [0.1, 0.15) is 10.7 Å². The second-order valence-electron chi connectivity index (χ2n) is 19.2. The first-order valence-corrected chi connectivity index (χ1v) is 28.8. The van der Waals surface area contributed by atoms with Crippen LogP contribution in [-0.4, -0.2) is 127 Å². The first-order chi connectivity index (χ1) is 33.2. The first-order valence-electron chi connectivity index (χ1n) is 24.0. The molecule has 1 aromatic carbocycles. The molecule has 2 aromatic rings. The van der Waals surface area contributed by atoms with Crippen molar-refractivity contribution in [3.8, 4) is 5.75 Å². The molecule has 1 aliphatic heterocycles. The van der Waals surface area contributed by atoms with Gasteiger partial charge in [-0.05, 0) is 89.1 Å². The van der Waals surface area contributed by atoms with Gasteiger partial charge in [0.05, 0.1) is 22.4 Å². The Kier molecular flexibility index (Phi) is 24.5. The molecule has 0 spiro atoms. The average molecular weight is 1070 g/mol. The van der Waals surface area contributed by atoms with Crippen molar-refractivity contribution in [2.45, 2.75) is 149 Å². The van der Waals surface area contributed by atoms with Crippen molar-refractivity contribution in [2.75, 3.05) is 38.8 Å². The highest BCUT2D eigenvalue weighted by Gasteiger charge is 2.38.